The molecule has 1 fully saturated rings. The highest BCUT2D eigenvalue weighted by molar-refractivity contribution is 5.89. The molecule has 2 aromatic rings. The molecule has 1 aliphatic rings. The lowest BCUT2D eigenvalue weighted by molar-refractivity contribution is -0.176. The molecule has 1 aromatic heterocycles. The standard InChI is InChI=1S/C28H42N6O4/c1-22(2)16-17-26(35)34(25(28(37)30-38)15-9-14-23-10-5-3-6-11-23)33(20-24-12-7-4-8-13-24)27(36)21-32-19-18-29-31-32/h4,7-8,12-13,18-19,22-23,25,38H,3,5-6,9-11,14-17,20-21H2,1-2H3,(H,30,37)/t25-/m0/s1. The maximum Gasteiger partial charge on any atom is 0.268 e. The minimum absolute atomic E-state index is 0.0968. The van der Waals surface area contributed by atoms with Crippen LogP contribution in [-0.2, 0) is 27.5 Å². The molecule has 0 spiro atoms. The van der Waals surface area contributed by atoms with Crippen LogP contribution in [0.5, 0.6) is 0 Å². The van der Waals surface area contributed by atoms with Gasteiger partial charge in [0.15, 0.2) is 0 Å². The monoisotopic (exact) mass is 526 g/mol. The molecule has 1 heterocycles. The molecular formula is C28H42N6O4. The van der Waals surface area contributed by atoms with E-state index in [0.29, 0.717) is 25.2 Å². The first-order chi connectivity index (χ1) is 18.4. The van der Waals surface area contributed by atoms with Gasteiger partial charge in [0.05, 0.1) is 12.7 Å². The summed E-state index contributed by atoms with van der Waals surface area (Å²) in [6, 6.07) is 8.33. The number of hydrazine groups is 1. The van der Waals surface area contributed by atoms with Gasteiger partial charge in [0, 0.05) is 12.6 Å². The molecule has 0 aliphatic heterocycles. The highest BCUT2D eigenvalue weighted by Crippen LogP contribution is 2.29. The molecule has 1 aromatic carbocycles. The highest BCUT2D eigenvalue weighted by atomic mass is 16.5. The lowest BCUT2D eigenvalue weighted by Gasteiger charge is -2.40. The van der Waals surface area contributed by atoms with Gasteiger partial charge >= 0.3 is 0 Å². The van der Waals surface area contributed by atoms with Crippen molar-refractivity contribution >= 4 is 17.7 Å². The van der Waals surface area contributed by atoms with Crippen LogP contribution in [-0.4, -0.2) is 54.0 Å². The number of hydroxylamine groups is 1. The van der Waals surface area contributed by atoms with Gasteiger partial charge in [-0.2, -0.15) is 0 Å². The van der Waals surface area contributed by atoms with Gasteiger partial charge in [-0.15, -0.1) is 5.10 Å². The fourth-order valence-electron chi connectivity index (χ4n) is 5.10. The van der Waals surface area contributed by atoms with Gasteiger partial charge < -0.3 is 0 Å². The molecule has 0 unspecified atom stereocenters. The largest absolute Gasteiger partial charge is 0.289 e. The average molecular weight is 527 g/mol. The minimum Gasteiger partial charge on any atom is -0.289 e. The number of amides is 3. The third-order valence-corrected chi connectivity index (χ3v) is 7.21. The van der Waals surface area contributed by atoms with Gasteiger partial charge in [-0.1, -0.05) is 94.3 Å². The molecule has 1 saturated carbocycles. The van der Waals surface area contributed by atoms with Gasteiger partial charge in [0.1, 0.15) is 12.6 Å². The zero-order valence-corrected chi connectivity index (χ0v) is 22.7. The molecule has 2 N–H and O–H groups in total. The van der Waals surface area contributed by atoms with E-state index < -0.39 is 17.9 Å². The fraction of sp³-hybridized carbons (Fsp3) is 0.607. The molecule has 3 amide bonds. The summed E-state index contributed by atoms with van der Waals surface area (Å²) >= 11 is 0. The van der Waals surface area contributed by atoms with Gasteiger partial charge in [-0.3, -0.25) is 19.6 Å². The van der Waals surface area contributed by atoms with E-state index in [1.165, 1.54) is 53.0 Å². The Hall–Kier alpha value is -3.27. The van der Waals surface area contributed by atoms with Gasteiger partial charge in [0.2, 0.25) is 5.91 Å². The summed E-state index contributed by atoms with van der Waals surface area (Å²) in [7, 11) is 0. The first-order valence-electron chi connectivity index (χ1n) is 13.8. The Labute approximate surface area is 225 Å². The fourth-order valence-corrected chi connectivity index (χ4v) is 5.10. The maximum absolute atomic E-state index is 13.7. The van der Waals surface area contributed by atoms with E-state index in [0.717, 1.165) is 12.0 Å². The molecule has 0 saturated heterocycles. The van der Waals surface area contributed by atoms with Crippen molar-refractivity contribution in [2.75, 3.05) is 0 Å². The number of carbonyl (C=O) groups is 3. The molecule has 208 valence electrons. The first kappa shape index (κ1) is 29.3. The number of rotatable bonds is 13. The number of aromatic nitrogens is 3. The van der Waals surface area contributed by atoms with Crippen molar-refractivity contribution in [2.24, 2.45) is 11.8 Å². The van der Waals surface area contributed by atoms with Gasteiger partial charge in [0.25, 0.3) is 11.8 Å². The number of hydrogen-bond acceptors (Lipinski definition) is 6. The van der Waals surface area contributed by atoms with E-state index in [2.05, 4.69) is 10.3 Å². The van der Waals surface area contributed by atoms with E-state index in [1.54, 1.807) is 11.7 Å². The van der Waals surface area contributed by atoms with Crippen molar-refractivity contribution in [2.45, 2.75) is 97.2 Å². The Morgan fingerprint density at radius 3 is 2.45 bits per heavy atom. The Morgan fingerprint density at radius 1 is 1.08 bits per heavy atom. The molecular weight excluding hydrogens is 484 g/mol. The van der Waals surface area contributed by atoms with Crippen LogP contribution in [0, 0.1) is 11.8 Å². The summed E-state index contributed by atoms with van der Waals surface area (Å²) < 4.78 is 1.39. The van der Waals surface area contributed by atoms with Crippen LogP contribution in [0.2, 0.25) is 0 Å². The molecule has 1 atom stereocenters. The zero-order chi connectivity index (χ0) is 27.3. The second kappa shape index (κ2) is 15.2. The Morgan fingerprint density at radius 2 is 1.82 bits per heavy atom. The van der Waals surface area contributed by atoms with Crippen LogP contribution < -0.4 is 5.48 Å². The number of hydrogen-bond donors (Lipinski definition) is 2. The van der Waals surface area contributed by atoms with E-state index in [1.807, 2.05) is 44.2 Å². The molecule has 10 nitrogen and oxygen atoms in total. The lowest BCUT2D eigenvalue weighted by Crippen LogP contribution is -2.59. The summed E-state index contributed by atoms with van der Waals surface area (Å²) in [5, 5.41) is 20.0. The molecule has 38 heavy (non-hydrogen) atoms. The van der Waals surface area contributed by atoms with Crippen molar-refractivity contribution in [3.63, 3.8) is 0 Å². The summed E-state index contributed by atoms with van der Waals surface area (Å²) in [5.41, 5.74) is 2.57. The van der Waals surface area contributed by atoms with E-state index >= 15 is 0 Å². The third-order valence-electron chi connectivity index (χ3n) is 7.21. The second-order valence-corrected chi connectivity index (χ2v) is 10.6. The first-order valence-corrected chi connectivity index (χ1v) is 13.8. The molecule has 0 bridgehead atoms. The topological polar surface area (TPSA) is 121 Å². The summed E-state index contributed by atoms with van der Waals surface area (Å²) in [6.07, 6.45) is 12.0. The number of nitrogens with zero attached hydrogens (tertiary/aromatic N) is 5. The van der Waals surface area contributed by atoms with Gasteiger partial charge in [-0.25, -0.2) is 20.2 Å². The van der Waals surface area contributed by atoms with E-state index in [9.17, 15) is 19.6 Å². The minimum atomic E-state index is -1.02. The van der Waals surface area contributed by atoms with Crippen LogP contribution in [0.25, 0.3) is 0 Å². The van der Waals surface area contributed by atoms with Crippen molar-refractivity contribution in [1.29, 1.82) is 0 Å². The van der Waals surface area contributed by atoms with E-state index in [-0.39, 0.29) is 31.3 Å². The van der Waals surface area contributed by atoms with Crippen molar-refractivity contribution in [3.8, 4) is 0 Å². The summed E-state index contributed by atoms with van der Waals surface area (Å²) in [6.45, 7) is 4.00. The smallest absolute Gasteiger partial charge is 0.268 e. The van der Waals surface area contributed by atoms with Crippen molar-refractivity contribution in [1.82, 2.24) is 30.5 Å². The van der Waals surface area contributed by atoms with E-state index in [4.69, 9.17) is 0 Å². The zero-order valence-electron chi connectivity index (χ0n) is 22.7. The lowest BCUT2D eigenvalue weighted by atomic mass is 9.85. The molecule has 1 aliphatic carbocycles. The molecule has 10 heteroatoms. The van der Waals surface area contributed by atoms with Gasteiger partial charge in [-0.05, 0) is 30.2 Å². The maximum atomic E-state index is 13.7. The summed E-state index contributed by atoms with van der Waals surface area (Å²) in [4.78, 5) is 40.5. The van der Waals surface area contributed by atoms with Crippen LogP contribution in [0.1, 0.15) is 83.6 Å². The van der Waals surface area contributed by atoms with Crippen LogP contribution in [0.4, 0.5) is 0 Å². The highest BCUT2D eigenvalue weighted by Gasteiger charge is 2.36. The average Bonchev–Trinajstić information content (AvgIpc) is 3.44. The number of benzene rings is 1. The predicted octanol–water partition coefficient (Wildman–Crippen LogP) is 4.11. The molecule has 3 rings (SSSR count). The van der Waals surface area contributed by atoms with Crippen LogP contribution in [0.15, 0.2) is 42.7 Å². The number of nitrogens with one attached hydrogen (secondary N) is 1. The number of carbonyl (C=O) groups excluding carboxylic acids is 3. The Bertz CT molecular complexity index is 992. The third kappa shape index (κ3) is 8.93. The second-order valence-electron chi connectivity index (χ2n) is 10.6. The quantitative estimate of drug-likeness (QED) is 0.299. The normalized spacial score (nSPS) is 14.7. The van der Waals surface area contributed by atoms with Crippen LogP contribution in [0.3, 0.4) is 0 Å². The predicted molar refractivity (Wildman–Crippen MR) is 142 cm³/mol. The van der Waals surface area contributed by atoms with Crippen molar-refractivity contribution in [3.05, 3.63) is 48.3 Å². The van der Waals surface area contributed by atoms with Crippen molar-refractivity contribution < 1.29 is 19.6 Å². The van der Waals surface area contributed by atoms with Crippen LogP contribution >= 0.6 is 0 Å². The Kier molecular flexibility index (Phi) is 11.7. The molecule has 0 radical (unpaired) electrons. The SMILES string of the molecule is CC(C)CCC(=O)N([C@@H](CCCC1CCCCC1)C(=O)NO)N(Cc1ccccc1)C(=O)Cn1ccnn1. The summed E-state index contributed by atoms with van der Waals surface area (Å²) in [5.74, 6) is -0.544. The Balaban J connectivity index is 1.92.